The van der Waals surface area contributed by atoms with E-state index >= 15 is 0 Å². The molecule has 1 fully saturated rings. The van der Waals surface area contributed by atoms with Crippen molar-refractivity contribution in [3.05, 3.63) is 83.2 Å². The number of hydrogen-bond acceptors (Lipinski definition) is 4. The molecule has 1 aromatic heterocycles. The van der Waals surface area contributed by atoms with Crippen molar-refractivity contribution in [2.45, 2.75) is 13.8 Å². The maximum absolute atomic E-state index is 13.2. The Balaban J connectivity index is 1.68. The van der Waals surface area contributed by atoms with Crippen molar-refractivity contribution in [1.29, 1.82) is 0 Å². The molecule has 0 atom stereocenters. The zero-order valence-electron chi connectivity index (χ0n) is 17.4. The molecule has 0 saturated carbocycles. The molecule has 1 N–H and O–H groups in total. The predicted octanol–water partition coefficient (Wildman–Crippen LogP) is 3.93. The summed E-state index contributed by atoms with van der Waals surface area (Å²) in [6.07, 6.45) is 3.47. The fraction of sp³-hybridized carbons (Fsp3) is 0.125. The van der Waals surface area contributed by atoms with Crippen molar-refractivity contribution in [2.75, 3.05) is 12.0 Å². The molecule has 31 heavy (non-hydrogen) atoms. The first-order chi connectivity index (χ1) is 14.9. The zero-order valence-corrected chi connectivity index (χ0v) is 18.2. The molecule has 1 aliphatic rings. The Morgan fingerprint density at radius 2 is 1.61 bits per heavy atom. The molecule has 1 saturated heterocycles. The van der Waals surface area contributed by atoms with E-state index in [0.29, 0.717) is 5.69 Å². The Kier molecular flexibility index (Phi) is 5.44. The first-order valence-electron chi connectivity index (χ1n) is 9.69. The molecular formula is C24H21N3O3S. The first-order valence-corrected chi connectivity index (χ1v) is 10.1. The topological polar surface area (TPSA) is 63.6 Å². The van der Waals surface area contributed by atoms with Crippen LogP contribution in [0, 0.1) is 13.8 Å². The van der Waals surface area contributed by atoms with Gasteiger partial charge in [-0.3, -0.25) is 19.8 Å². The Hall–Kier alpha value is -3.71. The fourth-order valence-corrected chi connectivity index (χ4v) is 3.73. The molecule has 4 rings (SSSR count). The van der Waals surface area contributed by atoms with E-state index in [1.807, 2.05) is 67.1 Å². The molecule has 1 aliphatic heterocycles. The molecule has 156 valence electrons. The molecule has 0 aliphatic carbocycles. The summed E-state index contributed by atoms with van der Waals surface area (Å²) < 4.78 is 7.20. The van der Waals surface area contributed by atoms with Crippen LogP contribution in [0.15, 0.2) is 66.4 Å². The van der Waals surface area contributed by atoms with Crippen LogP contribution in [-0.4, -0.2) is 28.6 Å². The van der Waals surface area contributed by atoms with Crippen LogP contribution >= 0.6 is 12.2 Å². The molecular weight excluding hydrogens is 410 g/mol. The maximum atomic E-state index is 13.2. The van der Waals surface area contributed by atoms with Gasteiger partial charge in [-0.15, -0.1) is 0 Å². The second-order valence-corrected chi connectivity index (χ2v) is 7.66. The number of hydrogen-bond donors (Lipinski definition) is 1. The van der Waals surface area contributed by atoms with Crippen molar-refractivity contribution in [1.82, 2.24) is 9.88 Å². The van der Waals surface area contributed by atoms with E-state index in [0.717, 1.165) is 28.3 Å². The van der Waals surface area contributed by atoms with Gasteiger partial charge in [0.15, 0.2) is 5.11 Å². The van der Waals surface area contributed by atoms with E-state index in [2.05, 4.69) is 5.32 Å². The summed E-state index contributed by atoms with van der Waals surface area (Å²) in [6.45, 7) is 3.92. The Labute approximate surface area is 185 Å². The maximum Gasteiger partial charge on any atom is 0.270 e. The SMILES string of the molecule is COc1ccc(-n2cc(/C=C3/C(=O)NC(=S)N(c4ccc(C)cc4)C3=O)cc2C)cc1. The number of rotatable bonds is 4. The lowest BCUT2D eigenvalue weighted by atomic mass is 10.1. The number of carbonyl (C=O) groups excluding carboxylic acids is 2. The van der Waals surface area contributed by atoms with Crippen LogP contribution in [-0.2, 0) is 9.59 Å². The van der Waals surface area contributed by atoms with Gasteiger partial charge < -0.3 is 9.30 Å². The van der Waals surface area contributed by atoms with E-state index in [-0.39, 0.29) is 10.7 Å². The first kappa shape index (κ1) is 20.6. The third-order valence-corrected chi connectivity index (χ3v) is 5.37. The van der Waals surface area contributed by atoms with Crippen LogP contribution in [0.1, 0.15) is 16.8 Å². The third kappa shape index (κ3) is 4.00. The lowest BCUT2D eigenvalue weighted by Gasteiger charge is -2.28. The molecule has 0 spiro atoms. The molecule has 0 unspecified atom stereocenters. The van der Waals surface area contributed by atoms with E-state index in [9.17, 15) is 9.59 Å². The van der Waals surface area contributed by atoms with E-state index < -0.39 is 11.8 Å². The van der Waals surface area contributed by atoms with Crippen molar-refractivity contribution in [3.8, 4) is 11.4 Å². The Morgan fingerprint density at radius 1 is 0.968 bits per heavy atom. The van der Waals surface area contributed by atoms with Crippen LogP contribution < -0.4 is 15.0 Å². The number of methoxy groups -OCH3 is 1. The monoisotopic (exact) mass is 431 g/mol. The zero-order chi connectivity index (χ0) is 22.1. The van der Waals surface area contributed by atoms with Gasteiger partial charge in [-0.2, -0.15) is 0 Å². The number of carbonyl (C=O) groups is 2. The number of amides is 2. The Morgan fingerprint density at radius 3 is 2.26 bits per heavy atom. The minimum absolute atomic E-state index is 0.0288. The average Bonchev–Trinajstić information content (AvgIpc) is 3.12. The number of benzene rings is 2. The number of ether oxygens (including phenoxy) is 1. The van der Waals surface area contributed by atoms with Gasteiger partial charge in [0.05, 0.1) is 12.8 Å². The fourth-order valence-electron chi connectivity index (χ4n) is 3.45. The number of thiocarbonyl (C=S) groups is 1. The summed E-state index contributed by atoms with van der Waals surface area (Å²) in [5.41, 5.74) is 4.36. The molecule has 2 amide bonds. The van der Waals surface area contributed by atoms with Gasteiger partial charge in [-0.1, -0.05) is 17.7 Å². The molecule has 2 aromatic carbocycles. The highest BCUT2D eigenvalue weighted by Gasteiger charge is 2.34. The quantitative estimate of drug-likeness (QED) is 0.386. The molecule has 3 aromatic rings. The molecule has 7 heteroatoms. The summed E-state index contributed by atoms with van der Waals surface area (Å²) in [4.78, 5) is 27.0. The van der Waals surface area contributed by atoms with Gasteiger partial charge in [0.1, 0.15) is 11.3 Å². The van der Waals surface area contributed by atoms with Crippen LogP contribution in [0.4, 0.5) is 5.69 Å². The Bertz CT molecular complexity index is 1210. The van der Waals surface area contributed by atoms with E-state index in [1.165, 1.54) is 4.90 Å². The van der Waals surface area contributed by atoms with Gasteiger partial charge in [0.25, 0.3) is 11.8 Å². The number of nitrogens with one attached hydrogen (secondary N) is 1. The predicted molar refractivity (Wildman–Crippen MR) is 124 cm³/mol. The second kappa shape index (κ2) is 8.20. The van der Waals surface area contributed by atoms with Gasteiger partial charge in [0, 0.05) is 17.6 Å². The summed E-state index contributed by atoms with van der Waals surface area (Å²) in [6, 6.07) is 17.0. The van der Waals surface area contributed by atoms with Gasteiger partial charge in [-0.25, -0.2) is 0 Å². The van der Waals surface area contributed by atoms with Crippen LogP contribution in [0.3, 0.4) is 0 Å². The minimum Gasteiger partial charge on any atom is -0.497 e. The summed E-state index contributed by atoms with van der Waals surface area (Å²) in [5.74, 6) is -0.187. The van der Waals surface area contributed by atoms with Crippen LogP contribution in [0.2, 0.25) is 0 Å². The molecule has 6 nitrogen and oxygen atoms in total. The summed E-state index contributed by atoms with van der Waals surface area (Å²) in [7, 11) is 1.62. The minimum atomic E-state index is -0.506. The van der Waals surface area contributed by atoms with Gasteiger partial charge >= 0.3 is 0 Å². The van der Waals surface area contributed by atoms with Crippen LogP contribution in [0.5, 0.6) is 5.75 Å². The van der Waals surface area contributed by atoms with Gasteiger partial charge in [-0.05, 0) is 80.2 Å². The number of aromatic nitrogens is 1. The van der Waals surface area contributed by atoms with Crippen molar-refractivity contribution in [3.63, 3.8) is 0 Å². The van der Waals surface area contributed by atoms with Crippen molar-refractivity contribution in [2.24, 2.45) is 0 Å². The number of nitrogens with zero attached hydrogens (tertiary/aromatic N) is 2. The lowest BCUT2D eigenvalue weighted by molar-refractivity contribution is -0.122. The van der Waals surface area contributed by atoms with Crippen molar-refractivity contribution < 1.29 is 14.3 Å². The highest BCUT2D eigenvalue weighted by molar-refractivity contribution is 7.80. The van der Waals surface area contributed by atoms with Gasteiger partial charge in [0.2, 0.25) is 0 Å². The highest BCUT2D eigenvalue weighted by Crippen LogP contribution is 2.24. The molecule has 0 radical (unpaired) electrons. The number of anilines is 1. The third-order valence-electron chi connectivity index (χ3n) is 5.09. The lowest BCUT2D eigenvalue weighted by Crippen LogP contribution is -2.54. The number of aryl methyl sites for hydroxylation is 2. The second-order valence-electron chi connectivity index (χ2n) is 7.28. The normalized spacial score (nSPS) is 15.4. The molecule has 0 bridgehead atoms. The highest BCUT2D eigenvalue weighted by atomic mass is 32.1. The van der Waals surface area contributed by atoms with Crippen molar-refractivity contribution >= 4 is 40.9 Å². The molecule has 2 heterocycles. The van der Waals surface area contributed by atoms with E-state index in [4.69, 9.17) is 17.0 Å². The van der Waals surface area contributed by atoms with E-state index in [1.54, 1.807) is 25.3 Å². The largest absolute Gasteiger partial charge is 0.497 e. The average molecular weight is 432 g/mol. The summed E-state index contributed by atoms with van der Waals surface area (Å²) >= 11 is 5.25. The standard InChI is InChI=1S/C24H21N3O3S/c1-15-4-6-19(7-5-15)27-23(29)21(22(28)25-24(27)31)13-17-12-16(2)26(14-17)18-8-10-20(30-3)11-9-18/h4-14H,1-3H3,(H,25,28,31)/b21-13-. The smallest absolute Gasteiger partial charge is 0.270 e. The van der Waals surface area contributed by atoms with Crippen LogP contribution in [0.25, 0.3) is 11.8 Å². The summed E-state index contributed by atoms with van der Waals surface area (Å²) in [5, 5.41) is 2.69.